The number of hydrogen-bond acceptors (Lipinski definition) is 6. The van der Waals surface area contributed by atoms with Crippen molar-refractivity contribution in [2.45, 2.75) is 6.92 Å². The zero-order valence-corrected chi connectivity index (χ0v) is 10.1. The molecule has 8 nitrogen and oxygen atoms in total. The average Bonchev–Trinajstić information content (AvgIpc) is 2.58. The van der Waals surface area contributed by atoms with Crippen molar-refractivity contribution in [1.82, 2.24) is 5.43 Å². The van der Waals surface area contributed by atoms with Crippen molar-refractivity contribution in [3.8, 4) is 18.2 Å². The lowest BCUT2D eigenvalue weighted by molar-refractivity contribution is 0.249. The SMILES string of the molecule is CC1C(/C=N/NC(N)=O)C(N)=C(C#N)C1(C#N)C#N. The molecule has 96 valence electrons. The van der Waals surface area contributed by atoms with E-state index >= 15 is 0 Å². The Hall–Kier alpha value is -3.05. The number of nitrogens with one attached hydrogen (secondary N) is 1. The van der Waals surface area contributed by atoms with Gasteiger partial charge in [0.1, 0.15) is 0 Å². The summed E-state index contributed by atoms with van der Waals surface area (Å²) in [7, 11) is 0. The monoisotopic (exact) mass is 257 g/mol. The highest BCUT2D eigenvalue weighted by molar-refractivity contribution is 5.75. The van der Waals surface area contributed by atoms with Gasteiger partial charge in [-0.1, -0.05) is 6.92 Å². The summed E-state index contributed by atoms with van der Waals surface area (Å²) >= 11 is 0. The normalized spacial score (nSPS) is 24.5. The molecule has 0 aromatic rings. The highest BCUT2D eigenvalue weighted by Gasteiger charge is 2.52. The molecule has 0 saturated carbocycles. The standard InChI is InChI=1S/C11H11N7O/c1-6-7(3-17-18-10(16)19)9(15)8(2-12)11(6,4-13)5-14/h3,6-7H,15H2,1H3,(H3,16,18,19)/b17-3+. The van der Waals surface area contributed by atoms with E-state index in [1.807, 2.05) is 17.6 Å². The van der Waals surface area contributed by atoms with Crippen molar-refractivity contribution < 1.29 is 4.79 Å². The molecule has 19 heavy (non-hydrogen) atoms. The summed E-state index contributed by atoms with van der Waals surface area (Å²) in [5.41, 5.74) is 11.1. The third-order valence-electron chi connectivity index (χ3n) is 3.14. The van der Waals surface area contributed by atoms with Gasteiger partial charge in [-0.3, -0.25) is 0 Å². The summed E-state index contributed by atoms with van der Waals surface area (Å²) in [5, 5.41) is 31.0. The summed E-state index contributed by atoms with van der Waals surface area (Å²) in [6, 6.07) is 4.64. The molecular formula is C11H11N7O. The zero-order chi connectivity index (χ0) is 14.6. The number of hydrogen-bond donors (Lipinski definition) is 3. The van der Waals surface area contributed by atoms with Crippen LogP contribution in [0, 0.1) is 51.2 Å². The average molecular weight is 257 g/mol. The van der Waals surface area contributed by atoms with Crippen LogP contribution < -0.4 is 16.9 Å². The molecule has 1 aliphatic rings. The minimum atomic E-state index is -1.59. The Balaban J connectivity index is 3.21. The van der Waals surface area contributed by atoms with Crippen LogP contribution in [-0.2, 0) is 0 Å². The van der Waals surface area contributed by atoms with Gasteiger partial charge in [0.15, 0.2) is 5.41 Å². The highest BCUT2D eigenvalue weighted by atomic mass is 16.2. The van der Waals surface area contributed by atoms with Crippen LogP contribution in [0.15, 0.2) is 16.4 Å². The number of amides is 2. The number of carbonyl (C=O) groups excluding carboxylic acids is 1. The number of rotatable bonds is 2. The first kappa shape index (κ1) is 14.0. The Kier molecular flexibility index (Phi) is 3.74. The number of urea groups is 1. The number of allylic oxidation sites excluding steroid dienone is 2. The third-order valence-corrected chi connectivity index (χ3v) is 3.14. The van der Waals surface area contributed by atoms with Gasteiger partial charge < -0.3 is 11.5 Å². The quantitative estimate of drug-likeness (QED) is 0.454. The van der Waals surface area contributed by atoms with E-state index in [1.54, 1.807) is 13.0 Å². The summed E-state index contributed by atoms with van der Waals surface area (Å²) in [5.74, 6) is -1.16. The van der Waals surface area contributed by atoms with E-state index in [-0.39, 0.29) is 11.3 Å². The maximum absolute atomic E-state index is 10.5. The molecule has 2 amide bonds. The molecule has 0 heterocycles. The third kappa shape index (κ3) is 2.05. The van der Waals surface area contributed by atoms with Crippen molar-refractivity contribution in [2.75, 3.05) is 0 Å². The largest absolute Gasteiger partial charge is 0.401 e. The van der Waals surface area contributed by atoms with Crippen molar-refractivity contribution >= 4 is 12.2 Å². The van der Waals surface area contributed by atoms with E-state index in [4.69, 9.17) is 16.7 Å². The molecule has 1 aliphatic carbocycles. The fourth-order valence-electron chi connectivity index (χ4n) is 2.04. The molecule has 0 saturated heterocycles. The molecule has 2 atom stereocenters. The molecule has 1 rings (SSSR count). The first-order valence-corrected chi connectivity index (χ1v) is 5.26. The lowest BCUT2D eigenvalue weighted by atomic mass is 9.75. The number of hydrazone groups is 1. The minimum Gasteiger partial charge on any atom is -0.401 e. The van der Waals surface area contributed by atoms with Crippen LogP contribution >= 0.6 is 0 Å². The topological polar surface area (TPSA) is 165 Å². The Labute approximate surface area is 109 Å². The molecule has 5 N–H and O–H groups in total. The van der Waals surface area contributed by atoms with Gasteiger partial charge in [0.25, 0.3) is 0 Å². The van der Waals surface area contributed by atoms with Gasteiger partial charge in [-0.05, 0) is 0 Å². The van der Waals surface area contributed by atoms with E-state index in [0.29, 0.717) is 0 Å². The zero-order valence-electron chi connectivity index (χ0n) is 10.1. The number of nitrogens with zero attached hydrogens (tertiary/aromatic N) is 4. The molecule has 0 aromatic heterocycles. The van der Waals surface area contributed by atoms with Gasteiger partial charge in [-0.2, -0.15) is 20.9 Å². The van der Waals surface area contributed by atoms with E-state index in [0.717, 1.165) is 0 Å². The molecule has 0 aromatic carbocycles. The molecule has 8 heteroatoms. The van der Waals surface area contributed by atoms with Crippen LogP contribution in [-0.4, -0.2) is 12.2 Å². The van der Waals surface area contributed by atoms with E-state index < -0.39 is 23.3 Å². The van der Waals surface area contributed by atoms with Crippen molar-refractivity contribution in [1.29, 1.82) is 15.8 Å². The summed E-state index contributed by atoms with van der Waals surface area (Å²) in [4.78, 5) is 10.5. The lowest BCUT2D eigenvalue weighted by Crippen LogP contribution is -2.29. The second kappa shape index (κ2) is 5.07. The van der Waals surface area contributed by atoms with Gasteiger partial charge in [-0.15, -0.1) is 0 Å². The van der Waals surface area contributed by atoms with E-state index in [1.165, 1.54) is 6.21 Å². The molecule has 0 radical (unpaired) electrons. The smallest absolute Gasteiger partial charge is 0.332 e. The van der Waals surface area contributed by atoms with Gasteiger partial charge in [0.2, 0.25) is 0 Å². The number of primary amides is 1. The summed E-state index contributed by atoms with van der Waals surface area (Å²) in [6.45, 7) is 1.62. The molecule has 0 spiro atoms. The molecule has 0 bridgehead atoms. The summed E-state index contributed by atoms with van der Waals surface area (Å²) in [6.07, 6.45) is 1.26. The van der Waals surface area contributed by atoms with Gasteiger partial charge in [0, 0.05) is 23.7 Å². The van der Waals surface area contributed by atoms with Crippen LogP contribution in [0.5, 0.6) is 0 Å². The minimum absolute atomic E-state index is 0.0690. The highest BCUT2D eigenvalue weighted by Crippen LogP contribution is 2.47. The van der Waals surface area contributed by atoms with Gasteiger partial charge in [0.05, 0.1) is 23.8 Å². The second-order valence-corrected chi connectivity index (χ2v) is 4.04. The number of nitrogens with two attached hydrogens (primary N) is 2. The number of nitriles is 3. The predicted octanol–water partition coefficient (Wildman–Crippen LogP) is -0.324. The van der Waals surface area contributed by atoms with Crippen molar-refractivity contribution in [3.63, 3.8) is 0 Å². The maximum atomic E-state index is 10.5. The van der Waals surface area contributed by atoms with Crippen LogP contribution in [0.2, 0.25) is 0 Å². The first-order chi connectivity index (χ1) is 8.94. The Morgan fingerprint density at radius 2 is 2.05 bits per heavy atom. The Morgan fingerprint density at radius 1 is 1.47 bits per heavy atom. The van der Waals surface area contributed by atoms with Crippen LogP contribution in [0.25, 0.3) is 0 Å². The second-order valence-electron chi connectivity index (χ2n) is 4.04. The Morgan fingerprint density at radius 3 is 2.42 bits per heavy atom. The molecule has 0 fully saturated rings. The Bertz CT molecular complexity index is 570. The van der Waals surface area contributed by atoms with Crippen molar-refractivity contribution in [2.24, 2.45) is 33.8 Å². The molecule has 2 unspecified atom stereocenters. The van der Waals surface area contributed by atoms with Crippen LogP contribution in [0.4, 0.5) is 4.79 Å². The van der Waals surface area contributed by atoms with E-state index in [2.05, 4.69) is 5.10 Å². The van der Waals surface area contributed by atoms with Gasteiger partial charge >= 0.3 is 6.03 Å². The number of carbonyl (C=O) groups is 1. The van der Waals surface area contributed by atoms with Crippen LogP contribution in [0.1, 0.15) is 6.92 Å². The van der Waals surface area contributed by atoms with Crippen LogP contribution in [0.3, 0.4) is 0 Å². The van der Waals surface area contributed by atoms with E-state index in [9.17, 15) is 15.3 Å². The van der Waals surface area contributed by atoms with Crippen molar-refractivity contribution in [3.05, 3.63) is 11.3 Å². The van der Waals surface area contributed by atoms with Gasteiger partial charge in [-0.25, -0.2) is 10.2 Å². The predicted molar refractivity (Wildman–Crippen MR) is 64.4 cm³/mol. The fraction of sp³-hybridized carbons (Fsp3) is 0.364. The molecule has 0 aliphatic heterocycles. The molecular weight excluding hydrogens is 246 g/mol. The first-order valence-electron chi connectivity index (χ1n) is 5.26. The maximum Gasteiger partial charge on any atom is 0.332 e. The summed E-state index contributed by atoms with van der Waals surface area (Å²) < 4.78 is 0. The fourth-order valence-corrected chi connectivity index (χ4v) is 2.04. The lowest BCUT2D eigenvalue weighted by Gasteiger charge is -2.20.